The first-order valence-corrected chi connectivity index (χ1v) is 7.88. The third-order valence-electron chi connectivity index (χ3n) is 3.67. The Labute approximate surface area is 135 Å². The molecule has 0 spiro atoms. The van der Waals surface area contributed by atoms with Gasteiger partial charge in [0.2, 0.25) is 5.82 Å². The fraction of sp³-hybridized carbons (Fsp3) is 0.278. The maximum absolute atomic E-state index is 5.47. The van der Waals surface area contributed by atoms with Gasteiger partial charge in [-0.3, -0.25) is 0 Å². The normalized spacial score (nSPS) is 10.7. The standard InChI is InChI=1S/C18H20N4O/c1-3-4-11-19-16-15(10-7-12-20-16)18-21-17(22-23-18)14-9-6-5-8-13(14)2/h5-10,12H,3-4,11H2,1-2H3,(H,19,20). The van der Waals surface area contributed by atoms with Crippen LogP contribution in [-0.2, 0) is 0 Å². The van der Waals surface area contributed by atoms with Crippen LogP contribution < -0.4 is 5.32 Å². The number of nitrogens with zero attached hydrogens (tertiary/aromatic N) is 3. The summed E-state index contributed by atoms with van der Waals surface area (Å²) in [6, 6.07) is 11.8. The summed E-state index contributed by atoms with van der Waals surface area (Å²) >= 11 is 0. The maximum atomic E-state index is 5.47. The molecule has 0 radical (unpaired) electrons. The Morgan fingerprint density at radius 2 is 1.91 bits per heavy atom. The Hall–Kier alpha value is -2.69. The van der Waals surface area contributed by atoms with E-state index < -0.39 is 0 Å². The minimum Gasteiger partial charge on any atom is -0.369 e. The van der Waals surface area contributed by atoms with E-state index in [0.29, 0.717) is 11.7 Å². The van der Waals surface area contributed by atoms with Gasteiger partial charge < -0.3 is 9.84 Å². The van der Waals surface area contributed by atoms with Crippen LogP contribution in [0.1, 0.15) is 25.3 Å². The Morgan fingerprint density at radius 1 is 1.09 bits per heavy atom. The number of hydrogen-bond donors (Lipinski definition) is 1. The first-order chi connectivity index (χ1) is 11.3. The highest BCUT2D eigenvalue weighted by molar-refractivity contribution is 5.70. The average molecular weight is 308 g/mol. The Balaban J connectivity index is 1.90. The van der Waals surface area contributed by atoms with Gasteiger partial charge >= 0.3 is 0 Å². The lowest BCUT2D eigenvalue weighted by atomic mass is 10.1. The summed E-state index contributed by atoms with van der Waals surface area (Å²) in [5, 5.41) is 7.45. The van der Waals surface area contributed by atoms with Crippen molar-refractivity contribution in [1.82, 2.24) is 15.1 Å². The molecule has 0 aliphatic rings. The molecule has 1 N–H and O–H groups in total. The van der Waals surface area contributed by atoms with E-state index >= 15 is 0 Å². The molecule has 0 aliphatic carbocycles. The summed E-state index contributed by atoms with van der Waals surface area (Å²) in [5.41, 5.74) is 2.93. The smallest absolute Gasteiger partial charge is 0.261 e. The molecule has 2 aromatic heterocycles. The minimum atomic E-state index is 0.482. The summed E-state index contributed by atoms with van der Waals surface area (Å²) in [4.78, 5) is 8.93. The largest absolute Gasteiger partial charge is 0.369 e. The van der Waals surface area contributed by atoms with Gasteiger partial charge in [0.15, 0.2) is 0 Å². The lowest BCUT2D eigenvalue weighted by Gasteiger charge is -2.07. The molecule has 0 atom stereocenters. The molecule has 0 unspecified atom stereocenters. The SMILES string of the molecule is CCCCNc1ncccc1-c1nc(-c2ccccc2C)no1. The van der Waals surface area contributed by atoms with Crippen LogP contribution in [0.2, 0.25) is 0 Å². The minimum absolute atomic E-state index is 0.482. The zero-order valence-corrected chi connectivity index (χ0v) is 13.4. The van der Waals surface area contributed by atoms with Gasteiger partial charge in [-0.15, -0.1) is 0 Å². The molecule has 118 valence electrons. The highest BCUT2D eigenvalue weighted by atomic mass is 16.5. The van der Waals surface area contributed by atoms with Gasteiger partial charge in [-0.05, 0) is 31.0 Å². The fourth-order valence-corrected chi connectivity index (χ4v) is 2.37. The van der Waals surface area contributed by atoms with Crippen molar-refractivity contribution in [3.05, 3.63) is 48.2 Å². The van der Waals surface area contributed by atoms with E-state index in [1.54, 1.807) is 6.20 Å². The van der Waals surface area contributed by atoms with Crippen molar-refractivity contribution in [3.8, 4) is 22.8 Å². The van der Waals surface area contributed by atoms with Crippen molar-refractivity contribution < 1.29 is 4.52 Å². The highest BCUT2D eigenvalue weighted by Gasteiger charge is 2.15. The van der Waals surface area contributed by atoms with Gasteiger partial charge in [-0.25, -0.2) is 4.98 Å². The van der Waals surface area contributed by atoms with Gasteiger partial charge in [0, 0.05) is 18.3 Å². The number of benzene rings is 1. The predicted octanol–water partition coefficient (Wildman–Crippen LogP) is 4.32. The van der Waals surface area contributed by atoms with Crippen LogP contribution in [0.3, 0.4) is 0 Å². The van der Waals surface area contributed by atoms with E-state index in [1.807, 2.05) is 43.3 Å². The van der Waals surface area contributed by atoms with Crippen molar-refractivity contribution in [3.63, 3.8) is 0 Å². The van der Waals surface area contributed by atoms with Crippen molar-refractivity contribution in [2.45, 2.75) is 26.7 Å². The summed E-state index contributed by atoms with van der Waals surface area (Å²) in [7, 11) is 0. The molecule has 23 heavy (non-hydrogen) atoms. The number of hydrogen-bond acceptors (Lipinski definition) is 5. The van der Waals surface area contributed by atoms with E-state index in [2.05, 4.69) is 27.4 Å². The van der Waals surface area contributed by atoms with Crippen molar-refractivity contribution in [1.29, 1.82) is 0 Å². The zero-order chi connectivity index (χ0) is 16.1. The van der Waals surface area contributed by atoms with E-state index in [-0.39, 0.29) is 0 Å². The van der Waals surface area contributed by atoms with E-state index in [0.717, 1.165) is 41.9 Å². The highest BCUT2D eigenvalue weighted by Crippen LogP contribution is 2.27. The van der Waals surface area contributed by atoms with Crippen molar-refractivity contribution >= 4 is 5.82 Å². The Bertz CT molecular complexity index is 782. The van der Waals surface area contributed by atoms with Gasteiger partial charge in [-0.1, -0.05) is 42.8 Å². The summed E-state index contributed by atoms with van der Waals surface area (Å²) in [6.45, 7) is 5.07. The van der Waals surface area contributed by atoms with Crippen LogP contribution in [0.25, 0.3) is 22.8 Å². The molecule has 1 aromatic carbocycles. The average Bonchev–Trinajstić information content (AvgIpc) is 3.05. The molecule has 5 heteroatoms. The number of nitrogens with one attached hydrogen (secondary N) is 1. The molecule has 0 saturated carbocycles. The van der Waals surface area contributed by atoms with Crippen LogP contribution in [0.4, 0.5) is 5.82 Å². The lowest BCUT2D eigenvalue weighted by Crippen LogP contribution is -2.04. The number of rotatable bonds is 6. The first kappa shape index (κ1) is 15.2. The topological polar surface area (TPSA) is 63.8 Å². The monoisotopic (exact) mass is 308 g/mol. The van der Waals surface area contributed by atoms with Gasteiger partial charge in [0.05, 0.1) is 5.56 Å². The van der Waals surface area contributed by atoms with Crippen LogP contribution in [-0.4, -0.2) is 21.7 Å². The molecule has 0 aliphatic heterocycles. The molecule has 0 bridgehead atoms. The molecule has 3 rings (SSSR count). The maximum Gasteiger partial charge on any atom is 0.261 e. The molecule has 0 saturated heterocycles. The third kappa shape index (κ3) is 3.39. The summed E-state index contributed by atoms with van der Waals surface area (Å²) in [6.07, 6.45) is 3.98. The first-order valence-electron chi connectivity index (χ1n) is 7.88. The van der Waals surface area contributed by atoms with E-state index in [1.165, 1.54) is 0 Å². The molecular formula is C18H20N4O. The third-order valence-corrected chi connectivity index (χ3v) is 3.67. The number of pyridine rings is 1. The Kier molecular flexibility index (Phi) is 4.66. The van der Waals surface area contributed by atoms with E-state index in [9.17, 15) is 0 Å². The zero-order valence-electron chi connectivity index (χ0n) is 13.4. The van der Waals surface area contributed by atoms with E-state index in [4.69, 9.17) is 4.52 Å². The predicted molar refractivity (Wildman–Crippen MR) is 91.1 cm³/mol. The second-order valence-corrected chi connectivity index (χ2v) is 5.42. The molecule has 2 heterocycles. The van der Waals surface area contributed by atoms with Crippen LogP contribution in [0.5, 0.6) is 0 Å². The lowest BCUT2D eigenvalue weighted by molar-refractivity contribution is 0.432. The quantitative estimate of drug-likeness (QED) is 0.687. The molecule has 0 amide bonds. The molecular weight excluding hydrogens is 288 g/mol. The Morgan fingerprint density at radius 3 is 2.74 bits per heavy atom. The molecule has 3 aromatic rings. The summed E-state index contributed by atoms with van der Waals surface area (Å²) in [5.74, 6) is 1.86. The van der Waals surface area contributed by atoms with Crippen LogP contribution in [0, 0.1) is 6.92 Å². The number of aryl methyl sites for hydroxylation is 1. The second kappa shape index (κ2) is 7.05. The second-order valence-electron chi connectivity index (χ2n) is 5.42. The molecule has 0 fully saturated rings. The number of aromatic nitrogens is 3. The summed E-state index contributed by atoms with van der Waals surface area (Å²) < 4.78 is 5.47. The van der Waals surface area contributed by atoms with Crippen LogP contribution in [0.15, 0.2) is 47.1 Å². The number of anilines is 1. The van der Waals surface area contributed by atoms with Crippen molar-refractivity contribution in [2.75, 3.05) is 11.9 Å². The number of unbranched alkanes of at least 4 members (excludes halogenated alkanes) is 1. The van der Waals surface area contributed by atoms with Crippen LogP contribution >= 0.6 is 0 Å². The van der Waals surface area contributed by atoms with Gasteiger partial charge in [-0.2, -0.15) is 4.98 Å². The van der Waals surface area contributed by atoms with Gasteiger partial charge in [0.25, 0.3) is 5.89 Å². The fourth-order valence-electron chi connectivity index (χ4n) is 2.37. The van der Waals surface area contributed by atoms with Crippen molar-refractivity contribution in [2.24, 2.45) is 0 Å². The molecule has 5 nitrogen and oxygen atoms in total. The van der Waals surface area contributed by atoms with Gasteiger partial charge in [0.1, 0.15) is 5.82 Å².